The molecular weight excluding hydrogens is 875 g/mol. The average molecular weight is 916 g/mol. The predicted octanol–water partition coefficient (Wildman–Crippen LogP) is -0.323. The van der Waals surface area contributed by atoms with Gasteiger partial charge in [0.1, 0.15) is 36.3 Å². The van der Waals surface area contributed by atoms with Crippen molar-refractivity contribution in [3.05, 3.63) is 48.0 Å². The van der Waals surface area contributed by atoms with Crippen LogP contribution in [0.15, 0.2) is 36.9 Å². The normalized spacial score (nSPS) is 21.0. The third-order valence-electron chi connectivity index (χ3n) is 8.11. The van der Waals surface area contributed by atoms with E-state index in [0.717, 1.165) is 29.0 Å². The molecule has 1 aliphatic heterocycles. The molecule has 2 amide bonds. The fraction of sp³-hybridized carbons (Fsp3) is 0.483. The maximum absolute atomic E-state index is 12.7. The minimum atomic E-state index is -5.60. The van der Waals surface area contributed by atoms with Gasteiger partial charge in [0.25, 0.3) is 0 Å². The van der Waals surface area contributed by atoms with E-state index >= 15 is 0 Å². The standard InChI is InChI=1S/C29H40N7O19P3S/c1-29(2,22(39)25(40)32-8-7-18(37)31-9-10-59-28(43)16-6-4-3-5-15(16)27(41)42)12-52-58(49,50)55-57(47,48)51-11-17-21(54-56(44,45)46)20(38)26(53-17)36-14-35-19-23(30)33-13-34-24(19)36/h3-6,13-14,17,20-22,26,38-39H,7-12H2,1-2H3,(H,31,37)(H,32,40)(H,41,42)(H,47,48)(H,49,50)(H2,30,33,34)(H2,44,45,46). The Bertz CT molecular complexity index is 2170. The highest BCUT2D eigenvalue weighted by molar-refractivity contribution is 8.14. The lowest BCUT2D eigenvalue weighted by molar-refractivity contribution is -0.137. The number of aromatic nitrogens is 4. The summed E-state index contributed by atoms with van der Waals surface area (Å²) in [5, 5.41) is 35.0. The number of nitrogens with two attached hydrogens (primary N) is 1. The van der Waals surface area contributed by atoms with E-state index in [0.29, 0.717) is 0 Å². The van der Waals surface area contributed by atoms with Crippen molar-refractivity contribution in [1.29, 1.82) is 0 Å². The van der Waals surface area contributed by atoms with Gasteiger partial charge in [-0.05, 0) is 12.1 Å². The molecular formula is C29H40N7O19P3S. The van der Waals surface area contributed by atoms with Gasteiger partial charge in [0.05, 0.1) is 25.1 Å². The van der Waals surface area contributed by atoms with Crippen molar-refractivity contribution in [2.24, 2.45) is 5.41 Å². The molecule has 26 nitrogen and oxygen atoms in total. The van der Waals surface area contributed by atoms with E-state index in [1.165, 1.54) is 38.1 Å². The highest BCUT2D eigenvalue weighted by Crippen LogP contribution is 2.61. The summed E-state index contributed by atoms with van der Waals surface area (Å²) in [7, 11) is -16.5. The van der Waals surface area contributed by atoms with Gasteiger partial charge in [0.2, 0.25) is 16.9 Å². The number of ether oxygens (including phenoxy) is 1. The van der Waals surface area contributed by atoms with Crippen molar-refractivity contribution < 1.29 is 90.4 Å². The van der Waals surface area contributed by atoms with Gasteiger partial charge in [0.15, 0.2) is 17.7 Å². The van der Waals surface area contributed by atoms with Crippen LogP contribution >= 0.6 is 35.2 Å². The lowest BCUT2D eigenvalue weighted by Gasteiger charge is -2.30. The largest absolute Gasteiger partial charge is 0.481 e. The Morgan fingerprint density at radius 2 is 1.66 bits per heavy atom. The number of fused-ring (bicyclic) bond motifs is 1. The number of nitrogens with one attached hydrogen (secondary N) is 2. The molecule has 1 aromatic carbocycles. The molecule has 1 fully saturated rings. The van der Waals surface area contributed by atoms with Gasteiger partial charge in [0, 0.05) is 36.2 Å². The summed E-state index contributed by atoms with van der Waals surface area (Å²) in [6.07, 6.45) is -7.15. The summed E-state index contributed by atoms with van der Waals surface area (Å²) < 4.78 is 62.1. The second-order valence-electron chi connectivity index (χ2n) is 13.1. The SMILES string of the molecule is CC(C)(COP(=O)(O)OP(=O)(O)OCC1OC(n2cnc3c(N)ncnc32)C(O)C1OP(=O)(O)O)C(O)C(=O)NCCC(=O)NCCSC(=O)c1ccccc1C(=O)O. The van der Waals surface area contributed by atoms with E-state index in [4.69, 9.17) is 19.5 Å². The maximum Gasteiger partial charge on any atom is 0.481 e. The number of thioether (sulfide) groups is 1. The van der Waals surface area contributed by atoms with Crippen molar-refractivity contribution in [3.8, 4) is 0 Å². The number of benzene rings is 1. The molecule has 2 aromatic heterocycles. The molecule has 7 unspecified atom stereocenters. The lowest BCUT2D eigenvalue weighted by atomic mass is 9.87. The van der Waals surface area contributed by atoms with Crippen LogP contribution in [0.1, 0.15) is 47.2 Å². The molecule has 30 heteroatoms. The number of aromatic carboxylic acids is 1. The topological polar surface area (TPSA) is 401 Å². The Morgan fingerprint density at radius 1 is 1.00 bits per heavy atom. The zero-order chi connectivity index (χ0) is 43.9. The van der Waals surface area contributed by atoms with Gasteiger partial charge in [-0.15, -0.1) is 0 Å². The molecule has 0 radical (unpaired) electrons. The number of hydrogen-bond donors (Lipinski definition) is 10. The number of phosphoric ester groups is 3. The van der Waals surface area contributed by atoms with E-state index in [9.17, 15) is 67.8 Å². The van der Waals surface area contributed by atoms with Gasteiger partial charge in [-0.2, -0.15) is 4.31 Å². The number of carbonyl (C=O) groups excluding carboxylic acids is 3. The quantitative estimate of drug-likeness (QED) is 0.0483. The number of carboxylic acid groups (broad SMARTS) is 1. The number of rotatable bonds is 21. The van der Waals surface area contributed by atoms with Crippen LogP contribution in [0.4, 0.5) is 5.82 Å². The first-order chi connectivity index (χ1) is 27.4. The molecule has 3 heterocycles. The van der Waals surface area contributed by atoms with Crippen molar-refractivity contribution in [2.45, 2.75) is 50.9 Å². The minimum absolute atomic E-state index is 0.00310. The zero-order valence-electron chi connectivity index (χ0n) is 30.7. The van der Waals surface area contributed by atoms with E-state index < -0.39 is 95.6 Å². The van der Waals surface area contributed by atoms with Gasteiger partial charge in [-0.25, -0.2) is 33.4 Å². The Kier molecular flexibility index (Phi) is 16.0. The average Bonchev–Trinajstić information content (AvgIpc) is 3.71. The van der Waals surface area contributed by atoms with Crippen LogP contribution in [-0.4, -0.2) is 134 Å². The fourth-order valence-electron chi connectivity index (χ4n) is 5.20. The van der Waals surface area contributed by atoms with Crippen LogP contribution < -0.4 is 16.4 Å². The van der Waals surface area contributed by atoms with Crippen molar-refractivity contribution in [2.75, 3.05) is 37.8 Å². The lowest BCUT2D eigenvalue weighted by Crippen LogP contribution is -2.46. The second kappa shape index (κ2) is 19.8. The van der Waals surface area contributed by atoms with Crippen LogP contribution in [0.25, 0.3) is 11.2 Å². The number of carboxylic acids is 1. The van der Waals surface area contributed by atoms with Crippen molar-refractivity contribution in [3.63, 3.8) is 0 Å². The highest BCUT2D eigenvalue weighted by atomic mass is 32.2. The number of phosphoric acid groups is 3. The Labute approximate surface area is 337 Å². The number of imidazole rings is 1. The number of aliphatic hydroxyl groups is 2. The third-order valence-corrected chi connectivity index (χ3v) is 12.1. The van der Waals surface area contributed by atoms with Crippen LogP contribution in [0, 0.1) is 5.41 Å². The predicted molar refractivity (Wildman–Crippen MR) is 200 cm³/mol. The molecule has 1 saturated heterocycles. The molecule has 326 valence electrons. The summed E-state index contributed by atoms with van der Waals surface area (Å²) in [5.41, 5.74) is 4.03. The molecule has 1 aliphatic rings. The molecule has 0 saturated carbocycles. The number of nitrogens with zero attached hydrogens (tertiary/aromatic N) is 4. The number of nitrogen functional groups attached to an aromatic ring is 1. The number of aliphatic hydroxyl groups excluding tert-OH is 2. The summed E-state index contributed by atoms with van der Waals surface area (Å²) in [6, 6.07) is 5.65. The molecule has 0 spiro atoms. The molecule has 0 aliphatic carbocycles. The number of carbonyl (C=O) groups is 4. The third kappa shape index (κ3) is 13.4. The van der Waals surface area contributed by atoms with Crippen LogP contribution in [0.3, 0.4) is 0 Å². The Hall–Kier alpha value is -3.75. The van der Waals surface area contributed by atoms with E-state index in [1.807, 2.05) is 0 Å². The minimum Gasteiger partial charge on any atom is -0.478 e. The Morgan fingerprint density at radius 3 is 2.32 bits per heavy atom. The zero-order valence-corrected chi connectivity index (χ0v) is 34.2. The number of hydrogen-bond acceptors (Lipinski definition) is 19. The molecule has 59 heavy (non-hydrogen) atoms. The van der Waals surface area contributed by atoms with Gasteiger partial charge in [-0.3, -0.25) is 32.5 Å². The number of amides is 2. The summed E-state index contributed by atoms with van der Waals surface area (Å²) in [4.78, 5) is 99.4. The maximum atomic E-state index is 12.7. The smallest absolute Gasteiger partial charge is 0.478 e. The molecule has 7 atom stereocenters. The van der Waals surface area contributed by atoms with Gasteiger partial charge in [-0.1, -0.05) is 37.7 Å². The molecule has 11 N–H and O–H groups in total. The van der Waals surface area contributed by atoms with Crippen molar-refractivity contribution >= 4 is 75.1 Å². The summed E-state index contributed by atoms with van der Waals surface area (Å²) in [6.45, 7) is 0.121. The van der Waals surface area contributed by atoms with E-state index in [-0.39, 0.29) is 53.4 Å². The first-order valence-electron chi connectivity index (χ1n) is 16.8. The monoisotopic (exact) mass is 915 g/mol. The second-order valence-corrected chi connectivity index (χ2v) is 18.4. The first-order valence-corrected chi connectivity index (χ1v) is 22.3. The van der Waals surface area contributed by atoms with E-state index in [1.54, 1.807) is 0 Å². The molecule has 0 bridgehead atoms. The first kappa shape index (κ1) is 47.9. The van der Waals surface area contributed by atoms with Gasteiger partial charge < -0.3 is 56.0 Å². The van der Waals surface area contributed by atoms with Crippen molar-refractivity contribution in [1.82, 2.24) is 30.2 Å². The fourth-order valence-corrected chi connectivity index (χ4v) is 8.75. The van der Waals surface area contributed by atoms with Crippen LogP contribution in [0.5, 0.6) is 0 Å². The van der Waals surface area contributed by atoms with Gasteiger partial charge >= 0.3 is 29.4 Å². The molecule has 3 aromatic rings. The summed E-state index contributed by atoms with van der Waals surface area (Å²) in [5.74, 6) is -2.77. The van der Waals surface area contributed by atoms with Crippen LogP contribution in [0.2, 0.25) is 0 Å². The Balaban J connectivity index is 1.22. The van der Waals surface area contributed by atoms with E-state index in [2.05, 4.69) is 34.4 Å². The molecule has 4 rings (SSSR count). The highest BCUT2D eigenvalue weighted by Gasteiger charge is 2.50. The van der Waals surface area contributed by atoms with Crippen LogP contribution in [-0.2, 0) is 45.9 Å². The summed E-state index contributed by atoms with van der Waals surface area (Å²) >= 11 is 0.792. The number of anilines is 1.